The topological polar surface area (TPSA) is 70.9 Å². The fraction of sp³-hybridized carbons (Fsp3) is 0.125. The van der Waals surface area contributed by atoms with Crippen LogP contribution in [0.2, 0.25) is 5.02 Å². The van der Waals surface area contributed by atoms with Crippen molar-refractivity contribution in [2.45, 2.75) is 6.92 Å². The molecule has 0 aliphatic carbocycles. The summed E-state index contributed by atoms with van der Waals surface area (Å²) in [5, 5.41) is 13.8. The highest BCUT2D eigenvalue weighted by molar-refractivity contribution is 9.10. The van der Waals surface area contributed by atoms with Crippen molar-refractivity contribution in [3.63, 3.8) is 0 Å². The Morgan fingerprint density at radius 2 is 2.00 bits per heavy atom. The SMILES string of the molecule is C/C(=N\NC(=O)COc1ccc(Cl)cc1Br)c1ccc(O)cc1. The lowest BCUT2D eigenvalue weighted by Gasteiger charge is -2.08. The van der Waals surface area contributed by atoms with E-state index in [0.29, 0.717) is 21.0 Å². The van der Waals surface area contributed by atoms with Crippen molar-refractivity contribution in [1.29, 1.82) is 0 Å². The molecule has 2 N–H and O–H groups in total. The minimum absolute atomic E-state index is 0.174. The van der Waals surface area contributed by atoms with E-state index >= 15 is 0 Å². The second kappa shape index (κ2) is 7.99. The normalized spacial score (nSPS) is 11.2. The van der Waals surface area contributed by atoms with Crippen molar-refractivity contribution in [2.24, 2.45) is 5.10 Å². The Kier molecular flexibility index (Phi) is 6.01. The summed E-state index contributed by atoms with van der Waals surface area (Å²) in [5.41, 5.74) is 3.83. The molecule has 1 amide bonds. The molecule has 0 bridgehead atoms. The molecule has 0 spiro atoms. The average Bonchev–Trinajstić information content (AvgIpc) is 2.52. The Morgan fingerprint density at radius 1 is 1.30 bits per heavy atom. The van der Waals surface area contributed by atoms with E-state index in [1.807, 2.05) is 0 Å². The number of hydrogen-bond acceptors (Lipinski definition) is 4. The molecule has 0 aliphatic heterocycles. The standard InChI is InChI=1S/C16H14BrClN2O3/c1-10(11-2-5-13(21)6-3-11)19-20-16(22)9-23-15-7-4-12(18)8-14(15)17/h2-8,21H,9H2,1H3,(H,20,22)/b19-10+. The first-order chi connectivity index (χ1) is 11.0. The largest absolute Gasteiger partial charge is 0.508 e. The monoisotopic (exact) mass is 396 g/mol. The molecule has 0 radical (unpaired) electrons. The van der Waals surface area contributed by atoms with E-state index in [1.54, 1.807) is 49.4 Å². The average molecular weight is 398 g/mol. The van der Waals surface area contributed by atoms with E-state index in [-0.39, 0.29) is 18.3 Å². The van der Waals surface area contributed by atoms with Gasteiger partial charge < -0.3 is 9.84 Å². The van der Waals surface area contributed by atoms with Gasteiger partial charge in [-0.3, -0.25) is 4.79 Å². The summed E-state index contributed by atoms with van der Waals surface area (Å²) in [7, 11) is 0. The lowest BCUT2D eigenvalue weighted by molar-refractivity contribution is -0.123. The Bertz CT molecular complexity index is 733. The van der Waals surface area contributed by atoms with Crippen molar-refractivity contribution >= 4 is 39.1 Å². The second-order valence-electron chi connectivity index (χ2n) is 4.64. The molecule has 2 aromatic rings. The van der Waals surface area contributed by atoms with Crippen LogP contribution in [0.5, 0.6) is 11.5 Å². The maximum Gasteiger partial charge on any atom is 0.277 e. The molecule has 0 aliphatic rings. The molecule has 0 aromatic heterocycles. The van der Waals surface area contributed by atoms with Crippen molar-refractivity contribution in [3.8, 4) is 11.5 Å². The van der Waals surface area contributed by atoms with Gasteiger partial charge in [-0.05, 0) is 70.9 Å². The van der Waals surface area contributed by atoms with Crippen molar-refractivity contribution in [3.05, 3.63) is 57.5 Å². The van der Waals surface area contributed by atoms with Gasteiger partial charge >= 0.3 is 0 Å². The maximum absolute atomic E-state index is 11.8. The number of nitrogens with zero attached hydrogens (tertiary/aromatic N) is 1. The van der Waals surface area contributed by atoms with E-state index in [0.717, 1.165) is 5.56 Å². The van der Waals surface area contributed by atoms with Crippen LogP contribution in [-0.4, -0.2) is 23.3 Å². The van der Waals surface area contributed by atoms with Gasteiger partial charge in [0.1, 0.15) is 11.5 Å². The first kappa shape index (κ1) is 17.3. The summed E-state index contributed by atoms with van der Waals surface area (Å²) in [6.07, 6.45) is 0. The van der Waals surface area contributed by atoms with Crippen LogP contribution < -0.4 is 10.2 Å². The molecule has 0 heterocycles. The zero-order chi connectivity index (χ0) is 16.8. The first-order valence-electron chi connectivity index (χ1n) is 6.66. The van der Waals surface area contributed by atoms with E-state index in [2.05, 4.69) is 26.5 Å². The molecule has 2 aromatic carbocycles. The van der Waals surface area contributed by atoms with Crippen LogP contribution in [0.25, 0.3) is 0 Å². The predicted molar refractivity (Wildman–Crippen MR) is 93.1 cm³/mol. The molecule has 7 heteroatoms. The minimum atomic E-state index is -0.384. The maximum atomic E-state index is 11.8. The molecule has 0 saturated heterocycles. The quantitative estimate of drug-likeness (QED) is 0.596. The van der Waals surface area contributed by atoms with Gasteiger partial charge in [0, 0.05) is 5.02 Å². The van der Waals surface area contributed by atoms with Gasteiger partial charge in [-0.15, -0.1) is 0 Å². The Labute approximate surface area is 147 Å². The van der Waals surface area contributed by atoms with Gasteiger partial charge in [-0.1, -0.05) is 11.6 Å². The number of rotatable bonds is 5. The zero-order valence-corrected chi connectivity index (χ0v) is 14.6. The van der Waals surface area contributed by atoms with Crippen LogP contribution in [0.15, 0.2) is 52.0 Å². The van der Waals surface area contributed by atoms with Crippen LogP contribution in [0.3, 0.4) is 0 Å². The Hall–Kier alpha value is -2.05. The molecule has 0 saturated carbocycles. The highest BCUT2D eigenvalue weighted by atomic mass is 79.9. The summed E-state index contributed by atoms with van der Waals surface area (Å²) in [6.45, 7) is 1.58. The second-order valence-corrected chi connectivity index (χ2v) is 5.93. The van der Waals surface area contributed by atoms with E-state index in [9.17, 15) is 9.90 Å². The van der Waals surface area contributed by atoms with Crippen LogP contribution in [0.1, 0.15) is 12.5 Å². The number of carbonyl (C=O) groups is 1. The van der Waals surface area contributed by atoms with Gasteiger partial charge in [0.15, 0.2) is 6.61 Å². The van der Waals surface area contributed by atoms with Crippen molar-refractivity contribution in [2.75, 3.05) is 6.61 Å². The van der Waals surface area contributed by atoms with Gasteiger partial charge in [0.2, 0.25) is 0 Å². The third kappa shape index (κ3) is 5.26. The summed E-state index contributed by atoms with van der Waals surface area (Å²) in [4.78, 5) is 11.8. The molecule has 2 rings (SSSR count). The first-order valence-corrected chi connectivity index (χ1v) is 7.83. The van der Waals surface area contributed by atoms with E-state index in [1.165, 1.54) is 0 Å². The number of amides is 1. The van der Waals surface area contributed by atoms with Crippen LogP contribution in [-0.2, 0) is 4.79 Å². The molecule has 0 unspecified atom stereocenters. The smallest absolute Gasteiger partial charge is 0.277 e. The van der Waals surface area contributed by atoms with Gasteiger partial charge in [-0.2, -0.15) is 5.10 Å². The number of ether oxygens (including phenoxy) is 1. The molecule has 0 fully saturated rings. The molecule has 5 nitrogen and oxygen atoms in total. The third-order valence-electron chi connectivity index (χ3n) is 2.89. The molecule has 120 valence electrons. The number of hydrogen-bond donors (Lipinski definition) is 2. The highest BCUT2D eigenvalue weighted by Crippen LogP contribution is 2.27. The van der Waals surface area contributed by atoms with Crippen molar-refractivity contribution < 1.29 is 14.6 Å². The van der Waals surface area contributed by atoms with Gasteiger partial charge in [0.05, 0.1) is 10.2 Å². The van der Waals surface area contributed by atoms with Gasteiger partial charge in [-0.25, -0.2) is 5.43 Å². The van der Waals surface area contributed by atoms with E-state index < -0.39 is 0 Å². The number of hydrazone groups is 1. The number of halogens is 2. The van der Waals surface area contributed by atoms with Crippen LogP contribution in [0, 0.1) is 0 Å². The zero-order valence-electron chi connectivity index (χ0n) is 12.2. The third-order valence-corrected chi connectivity index (χ3v) is 3.74. The number of nitrogens with one attached hydrogen (secondary N) is 1. The fourth-order valence-corrected chi connectivity index (χ4v) is 2.48. The summed E-state index contributed by atoms with van der Waals surface area (Å²) in [6, 6.07) is 11.6. The van der Waals surface area contributed by atoms with E-state index in [4.69, 9.17) is 16.3 Å². The lowest BCUT2D eigenvalue weighted by atomic mass is 10.1. The van der Waals surface area contributed by atoms with Crippen molar-refractivity contribution in [1.82, 2.24) is 5.43 Å². The van der Waals surface area contributed by atoms with Crippen LogP contribution >= 0.6 is 27.5 Å². The predicted octanol–water partition coefficient (Wildman–Crippen LogP) is 3.73. The Balaban J connectivity index is 1.89. The lowest BCUT2D eigenvalue weighted by Crippen LogP contribution is -2.25. The number of phenols is 1. The molecule has 0 atom stereocenters. The highest BCUT2D eigenvalue weighted by Gasteiger charge is 2.06. The minimum Gasteiger partial charge on any atom is -0.508 e. The molecule has 23 heavy (non-hydrogen) atoms. The summed E-state index contributed by atoms with van der Waals surface area (Å²) in [5.74, 6) is 0.307. The fourth-order valence-electron chi connectivity index (χ4n) is 1.68. The number of phenolic OH excluding ortho intramolecular Hbond substituents is 1. The number of carbonyl (C=O) groups excluding carboxylic acids is 1. The molecular weight excluding hydrogens is 384 g/mol. The number of aromatic hydroxyl groups is 1. The Morgan fingerprint density at radius 3 is 2.65 bits per heavy atom. The number of benzene rings is 2. The van der Waals surface area contributed by atoms with Gasteiger partial charge in [0.25, 0.3) is 5.91 Å². The van der Waals surface area contributed by atoms with Crippen LogP contribution in [0.4, 0.5) is 0 Å². The summed E-state index contributed by atoms with van der Waals surface area (Å²) < 4.78 is 6.06. The summed E-state index contributed by atoms with van der Waals surface area (Å²) >= 11 is 9.14. The molecular formula is C16H14BrClN2O3.